The van der Waals surface area contributed by atoms with Crippen molar-refractivity contribution in [1.82, 2.24) is 10.3 Å². The van der Waals surface area contributed by atoms with Gasteiger partial charge in [0.2, 0.25) is 5.91 Å². The molecule has 1 atom stereocenters. The van der Waals surface area contributed by atoms with E-state index in [0.29, 0.717) is 6.42 Å². The number of hydrogen-bond acceptors (Lipinski definition) is 4. The Morgan fingerprint density at radius 3 is 2.81 bits per heavy atom. The second-order valence-electron chi connectivity index (χ2n) is 6.76. The summed E-state index contributed by atoms with van der Waals surface area (Å²) in [5.41, 5.74) is 1.92. The number of thiazole rings is 1. The van der Waals surface area contributed by atoms with Crippen molar-refractivity contribution < 1.29 is 9.21 Å². The summed E-state index contributed by atoms with van der Waals surface area (Å²) in [4.78, 5) is 16.9. The third-order valence-electron chi connectivity index (χ3n) is 4.63. The van der Waals surface area contributed by atoms with Crippen molar-refractivity contribution >= 4 is 38.4 Å². The molecule has 1 N–H and O–H groups in total. The van der Waals surface area contributed by atoms with Gasteiger partial charge in [-0.1, -0.05) is 30.3 Å². The Morgan fingerprint density at radius 1 is 1.15 bits per heavy atom. The molecule has 0 spiro atoms. The first-order valence-electron chi connectivity index (χ1n) is 9.31. The number of para-hydroxylation sites is 2. The van der Waals surface area contributed by atoms with E-state index >= 15 is 0 Å². The second-order valence-corrected chi connectivity index (χ2v) is 7.87. The lowest BCUT2D eigenvalue weighted by Gasteiger charge is -2.11. The van der Waals surface area contributed by atoms with Crippen LogP contribution in [0.5, 0.6) is 0 Å². The van der Waals surface area contributed by atoms with Gasteiger partial charge in [-0.15, -0.1) is 11.3 Å². The highest BCUT2D eigenvalue weighted by Gasteiger charge is 2.14. The molecule has 4 nitrogen and oxygen atoms in total. The molecule has 0 saturated heterocycles. The van der Waals surface area contributed by atoms with E-state index in [1.165, 1.54) is 4.70 Å². The fraction of sp³-hybridized carbons (Fsp3) is 0.273. The monoisotopic (exact) mass is 378 g/mol. The molecular formula is C22H22N2O2S. The first kappa shape index (κ1) is 17.7. The number of furan rings is 1. The van der Waals surface area contributed by atoms with Gasteiger partial charge in [0.25, 0.3) is 0 Å². The highest BCUT2D eigenvalue weighted by molar-refractivity contribution is 7.18. The van der Waals surface area contributed by atoms with E-state index in [1.54, 1.807) is 11.3 Å². The quantitative estimate of drug-likeness (QED) is 0.424. The van der Waals surface area contributed by atoms with Crippen LogP contribution < -0.4 is 5.32 Å². The van der Waals surface area contributed by atoms with Crippen LogP contribution in [-0.2, 0) is 11.2 Å². The maximum absolute atomic E-state index is 12.2. The molecule has 2 aromatic carbocycles. The number of aromatic nitrogens is 1. The maximum atomic E-state index is 12.2. The van der Waals surface area contributed by atoms with E-state index in [-0.39, 0.29) is 11.9 Å². The third kappa shape index (κ3) is 4.19. The number of carbonyl (C=O) groups is 1. The zero-order chi connectivity index (χ0) is 18.6. The van der Waals surface area contributed by atoms with Gasteiger partial charge in [-0.2, -0.15) is 0 Å². The number of aryl methyl sites for hydroxylation is 1. The molecular weight excluding hydrogens is 356 g/mol. The fourth-order valence-electron chi connectivity index (χ4n) is 3.19. The van der Waals surface area contributed by atoms with Crippen LogP contribution in [0.3, 0.4) is 0 Å². The fourth-order valence-corrected chi connectivity index (χ4v) is 4.20. The van der Waals surface area contributed by atoms with Gasteiger partial charge >= 0.3 is 0 Å². The van der Waals surface area contributed by atoms with E-state index in [0.717, 1.165) is 46.5 Å². The molecule has 0 radical (unpaired) electrons. The molecule has 4 rings (SSSR count). The summed E-state index contributed by atoms with van der Waals surface area (Å²) in [5, 5.41) is 5.24. The first-order valence-corrected chi connectivity index (χ1v) is 10.1. The zero-order valence-electron chi connectivity index (χ0n) is 15.3. The Morgan fingerprint density at radius 2 is 1.96 bits per heavy atom. The maximum Gasteiger partial charge on any atom is 0.220 e. The Labute approximate surface area is 162 Å². The van der Waals surface area contributed by atoms with Crippen molar-refractivity contribution in [2.75, 3.05) is 0 Å². The Bertz CT molecular complexity index is 1000. The molecule has 2 heterocycles. The number of hydrogen-bond donors (Lipinski definition) is 1. The molecule has 0 aliphatic heterocycles. The number of nitrogens with one attached hydrogen (secondary N) is 1. The van der Waals surface area contributed by atoms with Crippen molar-refractivity contribution in [2.45, 2.75) is 38.6 Å². The summed E-state index contributed by atoms with van der Waals surface area (Å²) in [5.74, 6) is 0.853. The van der Waals surface area contributed by atoms with Gasteiger partial charge in [-0.25, -0.2) is 4.98 Å². The van der Waals surface area contributed by atoms with Crippen LogP contribution in [0.1, 0.15) is 43.0 Å². The Kier molecular flexibility index (Phi) is 5.21. The molecule has 4 aromatic rings. The van der Waals surface area contributed by atoms with Crippen molar-refractivity contribution in [1.29, 1.82) is 0 Å². The van der Waals surface area contributed by atoms with Gasteiger partial charge in [0.05, 0.1) is 21.3 Å². The molecule has 1 amide bonds. The minimum atomic E-state index is -0.130. The summed E-state index contributed by atoms with van der Waals surface area (Å²) in [6.45, 7) is 1.96. The van der Waals surface area contributed by atoms with Crippen molar-refractivity contribution in [3.05, 3.63) is 65.4 Å². The van der Waals surface area contributed by atoms with E-state index in [9.17, 15) is 4.79 Å². The summed E-state index contributed by atoms with van der Waals surface area (Å²) >= 11 is 1.74. The van der Waals surface area contributed by atoms with E-state index in [2.05, 4.69) is 16.4 Å². The molecule has 0 saturated carbocycles. The van der Waals surface area contributed by atoms with Crippen molar-refractivity contribution in [3.63, 3.8) is 0 Å². The molecule has 5 heteroatoms. The number of benzene rings is 2. The Hall–Kier alpha value is -2.66. The van der Waals surface area contributed by atoms with Crippen LogP contribution in [-0.4, -0.2) is 10.9 Å². The van der Waals surface area contributed by atoms with Crippen LogP contribution in [0.25, 0.3) is 21.2 Å². The van der Waals surface area contributed by atoms with E-state index in [1.807, 2.05) is 55.5 Å². The smallest absolute Gasteiger partial charge is 0.220 e. The summed E-state index contributed by atoms with van der Waals surface area (Å²) in [6, 6.07) is 17.9. The van der Waals surface area contributed by atoms with Gasteiger partial charge in [0, 0.05) is 11.8 Å². The number of fused-ring (bicyclic) bond motifs is 2. The summed E-state index contributed by atoms with van der Waals surface area (Å²) in [7, 11) is 0. The SMILES string of the molecule is C[C@H](NC(=O)CCCCc1nc2ccccc2s1)c1cc2ccccc2o1. The summed E-state index contributed by atoms with van der Waals surface area (Å²) < 4.78 is 7.05. The van der Waals surface area contributed by atoms with Gasteiger partial charge in [0.1, 0.15) is 11.3 Å². The second kappa shape index (κ2) is 7.92. The predicted molar refractivity (Wildman–Crippen MR) is 110 cm³/mol. The van der Waals surface area contributed by atoms with Gasteiger partial charge in [-0.3, -0.25) is 4.79 Å². The molecule has 2 aromatic heterocycles. The highest BCUT2D eigenvalue weighted by Crippen LogP contribution is 2.24. The molecule has 0 bridgehead atoms. The molecule has 138 valence electrons. The Balaban J connectivity index is 1.24. The van der Waals surface area contributed by atoms with Gasteiger partial charge in [-0.05, 0) is 50.5 Å². The number of unbranched alkanes of at least 4 members (excludes halogenated alkanes) is 1. The van der Waals surface area contributed by atoms with E-state index < -0.39 is 0 Å². The average Bonchev–Trinajstić information content (AvgIpc) is 3.28. The van der Waals surface area contributed by atoms with Crippen LogP contribution in [0.4, 0.5) is 0 Å². The topological polar surface area (TPSA) is 55.1 Å². The first-order chi connectivity index (χ1) is 13.2. The lowest BCUT2D eigenvalue weighted by Crippen LogP contribution is -2.26. The molecule has 0 aliphatic carbocycles. The molecule has 0 fully saturated rings. The largest absolute Gasteiger partial charge is 0.459 e. The standard InChI is InChI=1S/C22H22N2O2S/c1-15(19-14-16-8-2-4-10-18(16)26-19)23-21(25)12-6-7-13-22-24-17-9-3-5-11-20(17)27-22/h2-5,8-11,14-15H,6-7,12-13H2,1H3,(H,23,25)/t15-/m0/s1. The van der Waals surface area contributed by atoms with Crippen LogP contribution >= 0.6 is 11.3 Å². The number of amides is 1. The van der Waals surface area contributed by atoms with Crippen LogP contribution in [0.2, 0.25) is 0 Å². The summed E-state index contributed by atoms with van der Waals surface area (Å²) in [6.07, 6.45) is 3.27. The number of rotatable bonds is 7. The van der Waals surface area contributed by atoms with Gasteiger partial charge in [0.15, 0.2) is 0 Å². The molecule has 0 unspecified atom stereocenters. The molecule has 0 aliphatic rings. The minimum Gasteiger partial charge on any atom is -0.459 e. The van der Waals surface area contributed by atoms with Crippen LogP contribution in [0.15, 0.2) is 59.0 Å². The third-order valence-corrected chi connectivity index (χ3v) is 5.73. The normalized spacial score (nSPS) is 12.5. The van der Waals surface area contributed by atoms with E-state index in [4.69, 9.17) is 4.42 Å². The van der Waals surface area contributed by atoms with Gasteiger partial charge < -0.3 is 9.73 Å². The minimum absolute atomic E-state index is 0.0623. The lowest BCUT2D eigenvalue weighted by atomic mass is 10.1. The zero-order valence-corrected chi connectivity index (χ0v) is 16.1. The molecule has 27 heavy (non-hydrogen) atoms. The van der Waals surface area contributed by atoms with Crippen molar-refractivity contribution in [2.24, 2.45) is 0 Å². The lowest BCUT2D eigenvalue weighted by molar-refractivity contribution is -0.121. The van der Waals surface area contributed by atoms with Crippen molar-refractivity contribution in [3.8, 4) is 0 Å². The number of carbonyl (C=O) groups excluding carboxylic acids is 1. The average molecular weight is 378 g/mol. The van der Waals surface area contributed by atoms with Crippen LogP contribution in [0, 0.1) is 0 Å². The number of nitrogens with zero attached hydrogens (tertiary/aromatic N) is 1. The highest BCUT2D eigenvalue weighted by atomic mass is 32.1. The predicted octanol–water partition coefficient (Wildman–Crippen LogP) is 5.63.